The molecule has 0 unspecified atom stereocenters. The van der Waals surface area contributed by atoms with E-state index in [2.05, 4.69) is 4.98 Å². The minimum atomic E-state index is 0.182. The lowest BCUT2D eigenvalue weighted by Crippen LogP contribution is -2.14. The van der Waals surface area contributed by atoms with Crippen LogP contribution >= 0.6 is 0 Å². The van der Waals surface area contributed by atoms with Crippen molar-refractivity contribution in [1.29, 1.82) is 0 Å². The summed E-state index contributed by atoms with van der Waals surface area (Å²) < 4.78 is 5.34. The minimum absolute atomic E-state index is 0.182. The molecule has 0 saturated heterocycles. The second-order valence-electron chi connectivity index (χ2n) is 3.76. The summed E-state index contributed by atoms with van der Waals surface area (Å²) in [6.07, 6.45) is 2.32. The van der Waals surface area contributed by atoms with E-state index in [9.17, 15) is 0 Å². The predicted octanol–water partition coefficient (Wildman–Crippen LogP) is 0.661. The molecule has 15 heavy (non-hydrogen) atoms. The van der Waals surface area contributed by atoms with Gasteiger partial charge in [0.25, 0.3) is 0 Å². The lowest BCUT2D eigenvalue weighted by Gasteiger charge is -2.17. The average Bonchev–Trinajstić information content (AvgIpc) is 2.26. The van der Waals surface area contributed by atoms with Crippen LogP contribution in [0, 0.1) is 0 Å². The Labute approximate surface area is 89.1 Å². The number of pyridine rings is 1. The summed E-state index contributed by atoms with van der Waals surface area (Å²) in [4.78, 5) is 4.53. The molecule has 4 nitrogen and oxygen atoms in total. The van der Waals surface area contributed by atoms with Gasteiger partial charge in [-0.05, 0) is 18.9 Å². The Morgan fingerprint density at radius 1 is 1.53 bits per heavy atom. The molecule has 0 atom stereocenters. The van der Waals surface area contributed by atoms with Crippen molar-refractivity contribution in [3.63, 3.8) is 0 Å². The molecule has 0 spiro atoms. The van der Waals surface area contributed by atoms with Crippen LogP contribution in [0.15, 0.2) is 6.07 Å². The minimum Gasteiger partial charge on any atom is -0.397 e. The number of nitrogens with two attached hydrogens (primary N) is 1. The fraction of sp³-hybridized carbons (Fsp3) is 0.545. The molecular formula is C11H16N2O2. The topological polar surface area (TPSA) is 68.4 Å². The fourth-order valence-electron chi connectivity index (χ4n) is 1.79. The smallest absolute Gasteiger partial charge is 0.0735 e. The van der Waals surface area contributed by atoms with Crippen molar-refractivity contribution in [2.75, 3.05) is 18.9 Å². The molecule has 0 amide bonds. The van der Waals surface area contributed by atoms with Gasteiger partial charge in [-0.1, -0.05) is 0 Å². The van der Waals surface area contributed by atoms with Crippen LogP contribution in [-0.2, 0) is 24.2 Å². The molecule has 4 heteroatoms. The lowest BCUT2D eigenvalue weighted by atomic mass is 10.1. The zero-order chi connectivity index (χ0) is 10.7. The van der Waals surface area contributed by atoms with E-state index < -0.39 is 0 Å². The lowest BCUT2D eigenvalue weighted by molar-refractivity contribution is 0.109. The van der Waals surface area contributed by atoms with Gasteiger partial charge in [-0.15, -0.1) is 0 Å². The highest BCUT2D eigenvalue weighted by Crippen LogP contribution is 2.21. The third-order valence-corrected chi connectivity index (χ3v) is 2.62. The maximum Gasteiger partial charge on any atom is 0.0735 e. The Morgan fingerprint density at radius 3 is 3.20 bits per heavy atom. The molecule has 0 aromatic carbocycles. The normalized spacial score (nSPS) is 15.0. The first-order valence-electron chi connectivity index (χ1n) is 5.27. The van der Waals surface area contributed by atoms with Gasteiger partial charge >= 0.3 is 0 Å². The number of aryl methyl sites for hydroxylation is 1. The molecule has 1 aliphatic rings. The molecule has 1 aromatic rings. The van der Waals surface area contributed by atoms with Crippen molar-refractivity contribution >= 4 is 5.69 Å². The van der Waals surface area contributed by atoms with Crippen LogP contribution < -0.4 is 5.73 Å². The van der Waals surface area contributed by atoms with Gasteiger partial charge in [0.1, 0.15) is 0 Å². The van der Waals surface area contributed by atoms with E-state index in [0.29, 0.717) is 18.7 Å². The number of nitrogen functional groups attached to an aromatic ring is 1. The number of aliphatic hydroxyl groups is 1. The van der Waals surface area contributed by atoms with Crippen molar-refractivity contribution in [3.8, 4) is 0 Å². The highest BCUT2D eigenvalue weighted by atomic mass is 16.5. The Morgan fingerprint density at radius 2 is 2.40 bits per heavy atom. The summed E-state index contributed by atoms with van der Waals surface area (Å²) in [5.41, 5.74) is 9.71. The van der Waals surface area contributed by atoms with Gasteiger partial charge in [-0.2, -0.15) is 0 Å². The van der Waals surface area contributed by atoms with Crippen LogP contribution in [-0.4, -0.2) is 23.3 Å². The third kappa shape index (κ3) is 2.27. The summed E-state index contributed by atoms with van der Waals surface area (Å²) in [7, 11) is 0. The van der Waals surface area contributed by atoms with Crippen LogP contribution in [0.5, 0.6) is 0 Å². The highest BCUT2D eigenvalue weighted by Gasteiger charge is 2.13. The molecule has 0 saturated carbocycles. The van der Waals surface area contributed by atoms with Gasteiger partial charge in [0.2, 0.25) is 0 Å². The van der Waals surface area contributed by atoms with E-state index >= 15 is 0 Å². The van der Waals surface area contributed by atoms with Gasteiger partial charge < -0.3 is 15.6 Å². The van der Waals surface area contributed by atoms with Crippen molar-refractivity contribution in [1.82, 2.24) is 4.98 Å². The van der Waals surface area contributed by atoms with Crippen LogP contribution in [0.25, 0.3) is 0 Å². The number of aromatic nitrogens is 1. The molecule has 1 aromatic heterocycles. The van der Waals surface area contributed by atoms with Gasteiger partial charge in [0.05, 0.1) is 24.6 Å². The molecule has 0 fully saturated rings. The second-order valence-corrected chi connectivity index (χ2v) is 3.76. The largest absolute Gasteiger partial charge is 0.397 e. The molecule has 2 rings (SSSR count). The molecule has 1 aliphatic heterocycles. The third-order valence-electron chi connectivity index (χ3n) is 2.62. The van der Waals surface area contributed by atoms with Gasteiger partial charge in [0.15, 0.2) is 0 Å². The number of anilines is 1. The first kappa shape index (κ1) is 10.4. The van der Waals surface area contributed by atoms with Crippen LogP contribution in [0.3, 0.4) is 0 Å². The summed E-state index contributed by atoms with van der Waals surface area (Å²) in [5, 5.41) is 8.77. The first-order chi connectivity index (χ1) is 7.31. The van der Waals surface area contributed by atoms with Crippen LogP contribution in [0.1, 0.15) is 23.4 Å². The van der Waals surface area contributed by atoms with Crippen molar-refractivity contribution in [2.24, 2.45) is 0 Å². The summed E-state index contributed by atoms with van der Waals surface area (Å²) in [6.45, 7) is 1.54. The Balaban J connectivity index is 2.24. The summed E-state index contributed by atoms with van der Waals surface area (Å²) in [5.74, 6) is 0. The van der Waals surface area contributed by atoms with E-state index in [1.807, 2.05) is 6.07 Å². The molecular weight excluding hydrogens is 192 g/mol. The number of rotatable bonds is 3. The molecule has 0 aliphatic carbocycles. The number of hydrogen-bond acceptors (Lipinski definition) is 4. The maximum atomic E-state index is 8.77. The summed E-state index contributed by atoms with van der Waals surface area (Å²) in [6, 6.07) is 1.95. The van der Waals surface area contributed by atoms with E-state index in [4.69, 9.17) is 15.6 Å². The van der Waals surface area contributed by atoms with Crippen molar-refractivity contribution in [3.05, 3.63) is 23.0 Å². The van der Waals surface area contributed by atoms with E-state index in [0.717, 1.165) is 36.4 Å². The summed E-state index contributed by atoms with van der Waals surface area (Å²) >= 11 is 0. The number of aliphatic hydroxyl groups excluding tert-OH is 1. The average molecular weight is 208 g/mol. The quantitative estimate of drug-likeness (QED) is 0.765. The zero-order valence-electron chi connectivity index (χ0n) is 8.70. The Kier molecular flexibility index (Phi) is 3.18. The maximum absolute atomic E-state index is 8.77. The van der Waals surface area contributed by atoms with E-state index in [1.54, 1.807) is 0 Å². The van der Waals surface area contributed by atoms with Gasteiger partial charge in [-0.3, -0.25) is 4.98 Å². The van der Waals surface area contributed by atoms with Crippen LogP contribution in [0.4, 0.5) is 5.69 Å². The molecule has 0 bridgehead atoms. The Hall–Kier alpha value is -1.13. The number of fused-ring (bicyclic) bond motifs is 1. The van der Waals surface area contributed by atoms with Crippen molar-refractivity contribution in [2.45, 2.75) is 25.9 Å². The van der Waals surface area contributed by atoms with Gasteiger partial charge in [-0.25, -0.2) is 0 Å². The first-order valence-corrected chi connectivity index (χ1v) is 5.27. The number of nitrogens with zero attached hydrogens (tertiary/aromatic N) is 1. The van der Waals surface area contributed by atoms with Crippen molar-refractivity contribution < 1.29 is 9.84 Å². The van der Waals surface area contributed by atoms with Gasteiger partial charge in [0, 0.05) is 24.3 Å². The predicted molar refractivity (Wildman–Crippen MR) is 57.4 cm³/mol. The SMILES string of the molecule is Nc1cc2c(nc1CCCO)CCOC2. The molecule has 3 N–H and O–H groups in total. The molecule has 0 radical (unpaired) electrons. The molecule has 82 valence electrons. The number of ether oxygens (including phenoxy) is 1. The number of hydrogen-bond donors (Lipinski definition) is 2. The van der Waals surface area contributed by atoms with Crippen LogP contribution in [0.2, 0.25) is 0 Å². The van der Waals surface area contributed by atoms with E-state index in [1.165, 1.54) is 0 Å². The second kappa shape index (κ2) is 4.59. The zero-order valence-corrected chi connectivity index (χ0v) is 8.70. The van der Waals surface area contributed by atoms with E-state index in [-0.39, 0.29) is 6.61 Å². The Bertz CT molecular complexity index is 353. The monoisotopic (exact) mass is 208 g/mol. The standard InChI is InChI=1S/C11H16N2O2/c12-9-6-8-7-15-5-3-10(8)13-11(9)2-1-4-14/h6,14H,1-5,7,12H2. The highest BCUT2D eigenvalue weighted by molar-refractivity contribution is 5.47. The fourth-order valence-corrected chi connectivity index (χ4v) is 1.79. The molecule has 2 heterocycles.